The van der Waals surface area contributed by atoms with Crippen molar-refractivity contribution in [3.8, 4) is 12.1 Å². The van der Waals surface area contributed by atoms with Gasteiger partial charge in [-0.15, -0.1) is 5.11 Å². The highest BCUT2D eigenvalue weighted by Gasteiger charge is 2.27. The Morgan fingerprint density at radius 3 is 2.18 bits per heavy atom. The zero-order valence-corrected chi connectivity index (χ0v) is 25.2. The van der Waals surface area contributed by atoms with Crippen LogP contribution in [-0.2, 0) is 19.1 Å². The average Bonchev–Trinajstić information content (AvgIpc) is 3.02. The van der Waals surface area contributed by atoms with Crippen LogP contribution in [0.3, 0.4) is 0 Å². The van der Waals surface area contributed by atoms with Gasteiger partial charge in [0, 0.05) is 19.5 Å². The van der Waals surface area contributed by atoms with Crippen molar-refractivity contribution in [2.75, 3.05) is 31.2 Å². The lowest BCUT2D eigenvalue weighted by molar-refractivity contribution is -0.141. The minimum atomic E-state index is -1.01. The van der Waals surface area contributed by atoms with E-state index < -0.39 is 23.8 Å². The van der Waals surface area contributed by atoms with Crippen LogP contribution in [0.1, 0.15) is 37.1 Å². The standard InChI is InChI=1S/C32H28ClN7O5/c1-20(41)44-15-13-40(14-16-45-21(2)42)24-11-12-30(28(33)17-24)39-38-23-9-7-22(8-10-23)26(18-34)27(19-35)31-36-29-6-4-3-5-25(29)32(43)37-31/h3-12,17,26-27H,13-16H2,1-2H3,(H,36,37,43). The Hall–Kier alpha value is -5.59. The lowest BCUT2D eigenvalue weighted by Gasteiger charge is -2.24. The van der Waals surface area contributed by atoms with Crippen LogP contribution in [0.25, 0.3) is 10.9 Å². The molecule has 0 aliphatic carbocycles. The summed E-state index contributed by atoms with van der Waals surface area (Å²) in [5, 5.41) is 29.1. The van der Waals surface area contributed by atoms with Gasteiger partial charge in [-0.1, -0.05) is 35.9 Å². The molecule has 0 aliphatic heterocycles. The van der Waals surface area contributed by atoms with Crippen molar-refractivity contribution in [2.45, 2.75) is 25.7 Å². The van der Waals surface area contributed by atoms with Crippen molar-refractivity contribution in [1.29, 1.82) is 10.5 Å². The molecule has 0 aliphatic rings. The van der Waals surface area contributed by atoms with E-state index in [0.717, 1.165) is 0 Å². The maximum Gasteiger partial charge on any atom is 0.302 e. The third-order valence-electron chi connectivity index (χ3n) is 6.69. The molecule has 2 unspecified atom stereocenters. The van der Waals surface area contributed by atoms with Crippen LogP contribution >= 0.6 is 11.6 Å². The van der Waals surface area contributed by atoms with E-state index in [1.165, 1.54) is 13.8 Å². The second-order valence-corrected chi connectivity index (χ2v) is 10.2. The highest BCUT2D eigenvalue weighted by Crippen LogP contribution is 2.33. The molecule has 0 bridgehead atoms. The van der Waals surface area contributed by atoms with E-state index in [0.29, 0.717) is 51.6 Å². The Bertz CT molecular complexity index is 1840. The van der Waals surface area contributed by atoms with E-state index in [4.69, 9.17) is 21.1 Å². The molecule has 1 N–H and O–H groups in total. The smallest absolute Gasteiger partial charge is 0.302 e. The van der Waals surface area contributed by atoms with Gasteiger partial charge in [-0.25, -0.2) is 4.98 Å². The minimum absolute atomic E-state index is 0.117. The van der Waals surface area contributed by atoms with Gasteiger partial charge in [0.2, 0.25) is 0 Å². The number of hydrogen-bond acceptors (Lipinski definition) is 11. The normalized spacial score (nSPS) is 12.2. The highest BCUT2D eigenvalue weighted by atomic mass is 35.5. The number of anilines is 1. The molecule has 4 aromatic rings. The molecule has 0 saturated carbocycles. The lowest BCUT2D eigenvalue weighted by Crippen LogP contribution is -2.31. The Balaban J connectivity index is 1.49. The van der Waals surface area contributed by atoms with Crippen LogP contribution in [0.2, 0.25) is 5.02 Å². The second-order valence-electron chi connectivity index (χ2n) is 9.78. The van der Waals surface area contributed by atoms with Crippen molar-refractivity contribution in [3.63, 3.8) is 0 Å². The number of aromatic amines is 1. The van der Waals surface area contributed by atoms with Gasteiger partial charge in [-0.3, -0.25) is 14.4 Å². The number of nitrogens with one attached hydrogen (secondary N) is 1. The SMILES string of the molecule is CC(=O)OCCN(CCOC(C)=O)c1ccc(N=Nc2ccc(C(C#N)C(C#N)c3nc4ccccc4c(=O)[nH]3)cc2)c(Cl)c1. The molecular formula is C32H28ClN7O5. The Kier molecular flexibility index (Phi) is 10.9. The van der Waals surface area contributed by atoms with Crippen LogP contribution in [0.4, 0.5) is 17.1 Å². The third kappa shape index (κ3) is 8.50. The number of fused-ring (bicyclic) bond motifs is 1. The van der Waals surface area contributed by atoms with E-state index in [9.17, 15) is 24.9 Å². The number of hydrogen-bond donors (Lipinski definition) is 1. The first-order valence-electron chi connectivity index (χ1n) is 13.8. The maximum atomic E-state index is 12.6. The molecule has 0 fully saturated rings. The largest absolute Gasteiger partial charge is 0.464 e. The number of nitrogens with zero attached hydrogens (tertiary/aromatic N) is 6. The molecule has 0 spiro atoms. The topological polar surface area (TPSA) is 174 Å². The summed E-state index contributed by atoms with van der Waals surface area (Å²) in [5.41, 5.74) is 2.18. The quantitative estimate of drug-likeness (QED) is 0.150. The predicted octanol–water partition coefficient (Wildman–Crippen LogP) is 5.84. The van der Waals surface area contributed by atoms with E-state index in [1.54, 1.807) is 66.7 Å². The third-order valence-corrected chi connectivity index (χ3v) is 6.99. The zero-order chi connectivity index (χ0) is 32.3. The number of halogens is 1. The predicted molar refractivity (Wildman–Crippen MR) is 167 cm³/mol. The summed E-state index contributed by atoms with van der Waals surface area (Å²) < 4.78 is 10.1. The van der Waals surface area contributed by atoms with Gasteiger partial charge in [0.25, 0.3) is 5.56 Å². The van der Waals surface area contributed by atoms with Crippen LogP contribution in [-0.4, -0.2) is 48.2 Å². The molecule has 3 aromatic carbocycles. The van der Waals surface area contributed by atoms with E-state index >= 15 is 0 Å². The first-order chi connectivity index (χ1) is 21.7. The van der Waals surface area contributed by atoms with E-state index in [1.807, 2.05) is 4.90 Å². The van der Waals surface area contributed by atoms with Crippen molar-refractivity contribution in [1.82, 2.24) is 9.97 Å². The van der Waals surface area contributed by atoms with E-state index in [2.05, 4.69) is 32.3 Å². The molecule has 228 valence electrons. The fourth-order valence-corrected chi connectivity index (χ4v) is 4.70. The summed E-state index contributed by atoms with van der Waals surface area (Å²) in [5.74, 6) is -2.60. The summed E-state index contributed by atoms with van der Waals surface area (Å²) in [6.07, 6.45) is 0. The maximum absolute atomic E-state index is 12.6. The molecule has 1 heterocycles. The van der Waals surface area contributed by atoms with Gasteiger partial charge in [0.1, 0.15) is 30.6 Å². The number of nitriles is 2. The molecule has 2 atom stereocenters. The van der Waals surface area contributed by atoms with Crippen LogP contribution in [0, 0.1) is 22.7 Å². The van der Waals surface area contributed by atoms with Gasteiger partial charge in [0.15, 0.2) is 0 Å². The molecule has 13 heteroatoms. The summed E-state index contributed by atoms with van der Waals surface area (Å²) in [6.45, 7) is 3.64. The molecule has 45 heavy (non-hydrogen) atoms. The molecule has 0 saturated heterocycles. The van der Waals surface area contributed by atoms with Crippen LogP contribution < -0.4 is 10.5 Å². The monoisotopic (exact) mass is 625 g/mol. The number of H-pyrrole nitrogens is 1. The van der Waals surface area contributed by atoms with Gasteiger partial charge in [-0.2, -0.15) is 15.6 Å². The van der Waals surface area contributed by atoms with Crippen molar-refractivity contribution in [2.24, 2.45) is 10.2 Å². The number of rotatable bonds is 12. The van der Waals surface area contributed by atoms with E-state index in [-0.39, 0.29) is 24.6 Å². The molecule has 0 amide bonds. The summed E-state index contributed by atoms with van der Waals surface area (Å²) in [7, 11) is 0. The summed E-state index contributed by atoms with van der Waals surface area (Å²) >= 11 is 6.50. The first kappa shape index (κ1) is 32.3. The molecule has 1 aromatic heterocycles. The Labute approximate surface area is 263 Å². The van der Waals surface area contributed by atoms with Gasteiger partial charge in [0.05, 0.1) is 52.8 Å². The van der Waals surface area contributed by atoms with Gasteiger partial charge in [-0.05, 0) is 48.0 Å². The number of carbonyl (C=O) groups excluding carboxylic acids is 2. The van der Waals surface area contributed by atoms with Gasteiger partial charge < -0.3 is 19.4 Å². The summed E-state index contributed by atoms with van der Waals surface area (Å²) in [4.78, 5) is 43.9. The average molecular weight is 626 g/mol. The molecule has 0 radical (unpaired) electrons. The molecule has 12 nitrogen and oxygen atoms in total. The number of azo groups is 1. The number of aromatic nitrogens is 2. The fourth-order valence-electron chi connectivity index (χ4n) is 4.49. The molecular weight excluding hydrogens is 598 g/mol. The number of para-hydroxylation sites is 1. The number of carbonyl (C=O) groups is 2. The zero-order valence-electron chi connectivity index (χ0n) is 24.4. The first-order valence-corrected chi connectivity index (χ1v) is 14.2. The van der Waals surface area contributed by atoms with Gasteiger partial charge >= 0.3 is 11.9 Å². The van der Waals surface area contributed by atoms with Crippen LogP contribution in [0.5, 0.6) is 0 Å². The second kappa shape index (κ2) is 15.2. The lowest BCUT2D eigenvalue weighted by atomic mass is 9.87. The Morgan fingerprint density at radius 2 is 1.58 bits per heavy atom. The number of benzene rings is 3. The van der Waals surface area contributed by atoms with Crippen molar-refractivity contribution in [3.05, 3.63) is 93.5 Å². The Morgan fingerprint density at radius 1 is 0.933 bits per heavy atom. The van der Waals surface area contributed by atoms with Crippen molar-refractivity contribution < 1.29 is 19.1 Å². The number of ether oxygens (including phenoxy) is 2. The van der Waals surface area contributed by atoms with Crippen molar-refractivity contribution >= 4 is 51.5 Å². The minimum Gasteiger partial charge on any atom is -0.464 e. The van der Waals surface area contributed by atoms with Crippen LogP contribution in [0.15, 0.2) is 81.8 Å². The highest BCUT2D eigenvalue weighted by molar-refractivity contribution is 6.33. The number of esters is 2. The fraction of sp³-hybridized carbons (Fsp3) is 0.250. The molecule has 4 rings (SSSR count). The summed E-state index contributed by atoms with van der Waals surface area (Å²) in [6, 6.07) is 22.8.